The second kappa shape index (κ2) is 3.48. The number of aliphatic carboxylic acids is 1. The summed E-state index contributed by atoms with van der Waals surface area (Å²) in [7, 11) is 0. The van der Waals surface area contributed by atoms with Crippen molar-refractivity contribution in [3.05, 3.63) is 0 Å². The third-order valence-corrected chi connectivity index (χ3v) is 4.14. The molecular formula is C8H13NO3S. The minimum Gasteiger partial charge on any atom is -0.480 e. The van der Waals surface area contributed by atoms with Crippen LogP contribution >= 0.6 is 11.8 Å². The Morgan fingerprint density at radius 1 is 1.54 bits per heavy atom. The molecule has 2 saturated heterocycles. The van der Waals surface area contributed by atoms with Crippen LogP contribution in [0, 0.1) is 0 Å². The Balaban J connectivity index is 1.98. The standard InChI is InChI=1S/C8H13NO3S/c10-7(11)6-5-13-8(9-6)1-3-12-4-2-8/h6,9H,1-5H2,(H,10,11)/t6-/m1/s1. The highest BCUT2D eigenvalue weighted by molar-refractivity contribution is 8.00. The number of ether oxygens (including phenoxy) is 1. The van der Waals surface area contributed by atoms with Crippen LogP contribution in [-0.4, -0.2) is 41.0 Å². The van der Waals surface area contributed by atoms with E-state index in [9.17, 15) is 4.79 Å². The van der Waals surface area contributed by atoms with Crippen molar-refractivity contribution >= 4 is 17.7 Å². The summed E-state index contributed by atoms with van der Waals surface area (Å²) in [5.74, 6) is -0.0640. The average Bonchev–Trinajstić information content (AvgIpc) is 2.51. The molecule has 0 aromatic carbocycles. The number of hydrogen-bond acceptors (Lipinski definition) is 4. The molecule has 13 heavy (non-hydrogen) atoms. The van der Waals surface area contributed by atoms with Crippen molar-refractivity contribution in [2.24, 2.45) is 0 Å². The molecule has 2 aliphatic rings. The summed E-state index contributed by atoms with van der Waals surface area (Å²) < 4.78 is 5.25. The summed E-state index contributed by atoms with van der Waals surface area (Å²) in [5.41, 5.74) is 0. The minimum atomic E-state index is -0.740. The van der Waals surface area contributed by atoms with Gasteiger partial charge in [-0.1, -0.05) is 0 Å². The van der Waals surface area contributed by atoms with Crippen LogP contribution in [0.3, 0.4) is 0 Å². The van der Waals surface area contributed by atoms with Crippen molar-refractivity contribution in [1.82, 2.24) is 5.32 Å². The highest BCUT2D eigenvalue weighted by atomic mass is 32.2. The molecule has 0 radical (unpaired) electrons. The maximum Gasteiger partial charge on any atom is 0.321 e. The van der Waals surface area contributed by atoms with E-state index < -0.39 is 5.97 Å². The van der Waals surface area contributed by atoms with E-state index in [1.54, 1.807) is 11.8 Å². The molecule has 0 saturated carbocycles. The van der Waals surface area contributed by atoms with Gasteiger partial charge in [0, 0.05) is 19.0 Å². The van der Waals surface area contributed by atoms with Crippen molar-refractivity contribution in [1.29, 1.82) is 0 Å². The number of nitrogens with one attached hydrogen (secondary N) is 1. The molecule has 2 heterocycles. The summed E-state index contributed by atoms with van der Waals surface area (Å²) in [6, 6.07) is -0.372. The van der Waals surface area contributed by atoms with E-state index in [1.165, 1.54) is 0 Å². The predicted octanol–water partition coefficient (Wildman–Crippen LogP) is 0.283. The molecule has 0 unspecified atom stereocenters. The maximum absolute atomic E-state index is 10.7. The average molecular weight is 203 g/mol. The molecule has 0 aromatic rings. The summed E-state index contributed by atoms with van der Waals surface area (Å²) >= 11 is 1.73. The van der Waals surface area contributed by atoms with Gasteiger partial charge in [0.2, 0.25) is 0 Å². The molecule has 0 aromatic heterocycles. The van der Waals surface area contributed by atoms with E-state index in [2.05, 4.69) is 5.32 Å². The quantitative estimate of drug-likeness (QED) is 0.641. The molecule has 0 bridgehead atoms. The van der Waals surface area contributed by atoms with E-state index in [0.717, 1.165) is 26.1 Å². The fraction of sp³-hybridized carbons (Fsp3) is 0.875. The molecule has 4 nitrogen and oxygen atoms in total. The molecule has 2 fully saturated rings. The van der Waals surface area contributed by atoms with Crippen LogP contribution in [0.25, 0.3) is 0 Å². The van der Waals surface area contributed by atoms with Gasteiger partial charge in [-0.3, -0.25) is 10.1 Å². The Morgan fingerprint density at radius 2 is 2.23 bits per heavy atom. The maximum atomic E-state index is 10.7. The topological polar surface area (TPSA) is 58.6 Å². The molecule has 0 amide bonds. The molecule has 5 heteroatoms. The van der Waals surface area contributed by atoms with Gasteiger partial charge in [-0.2, -0.15) is 0 Å². The lowest BCUT2D eigenvalue weighted by Crippen LogP contribution is -2.48. The number of thioether (sulfide) groups is 1. The van der Waals surface area contributed by atoms with E-state index in [0.29, 0.717) is 5.75 Å². The van der Waals surface area contributed by atoms with Gasteiger partial charge in [0.1, 0.15) is 6.04 Å². The summed E-state index contributed by atoms with van der Waals surface area (Å²) in [6.45, 7) is 1.48. The van der Waals surface area contributed by atoms with Crippen LogP contribution in [0.2, 0.25) is 0 Å². The van der Waals surface area contributed by atoms with E-state index in [4.69, 9.17) is 9.84 Å². The summed E-state index contributed by atoms with van der Waals surface area (Å²) in [4.78, 5) is 10.7. The highest BCUT2D eigenvalue weighted by Crippen LogP contribution is 2.38. The van der Waals surface area contributed by atoms with Crippen molar-refractivity contribution in [2.45, 2.75) is 23.8 Å². The SMILES string of the molecule is O=C(O)[C@H]1CSC2(CCOCC2)N1. The fourth-order valence-corrected chi connectivity index (χ4v) is 3.16. The number of carboxylic acids is 1. The normalized spacial score (nSPS) is 32.2. The monoisotopic (exact) mass is 203 g/mol. The number of hydrogen-bond donors (Lipinski definition) is 2. The molecule has 1 spiro atoms. The van der Waals surface area contributed by atoms with Gasteiger partial charge in [0.05, 0.1) is 4.87 Å². The first-order valence-corrected chi connectivity index (χ1v) is 5.43. The van der Waals surface area contributed by atoms with Gasteiger partial charge in [0.15, 0.2) is 0 Å². The van der Waals surface area contributed by atoms with Crippen LogP contribution in [0.4, 0.5) is 0 Å². The first-order valence-electron chi connectivity index (χ1n) is 4.44. The lowest BCUT2D eigenvalue weighted by Gasteiger charge is -2.32. The lowest BCUT2D eigenvalue weighted by atomic mass is 10.1. The van der Waals surface area contributed by atoms with Crippen molar-refractivity contribution in [2.75, 3.05) is 19.0 Å². The van der Waals surface area contributed by atoms with E-state index in [1.807, 2.05) is 0 Å². The highest BCUT2D eigenvalue weighted by Gasteiger charge is 2.42. The Hall–Kier alpha value is -0.260. The molecule has 2 aliphatic heterocycles. The van der Waals surface area contributed by atoms with Crippen LogP contribution in [0.1, 0.15) is 12.8 Å². The minimum absolute atomic E-state index is 0.0126. The first kappa shape index (κ1) is 9.30. The lowest BCUT2D eigenvalue weighted by molar-refractivity contribution is -0.139. The largest absolute Gasteiger partial charge is 0.480 e. The van der Waals surface area contributed by atoms with Crippen molar-refractivity contribution in [3.8, 4) is 0 Å². The third kappa shape index (κ3) is 1.82. The van der Waals surface area contributed by atoms with Crippen LogP contribution in [0.15, 0.2) is 0 Å². The molecule has 0 aliphatic carbocycles. The van der Waals surface area contributed by atoms with Crippen LogP contribution < -0.4 is 5.32 Å². The molecule has 74 valence electrons. The van der Waals surface area contributed by atoms with Gasteiger partial charge in [-0.05, 0) is 12.8 Å². The molecule has 2 rings (SSSR count). The Morgan fingerprint density at radius 3 is 2.77 bits per heavy atom. The molecule has 2 N–H and O–H groups in total. The predicted molar refractivity (Wildman–Crippen MR) is 49.8 cm³/mol. The Kier molecular flexibility index (Phi) is 2.49. The second-order valence-corrected chi connectivity index (χ2v) is 4.86. The zero-order chi connectivity index (χ0) is 9.31. The van der Waals surface area contributed by atoms with E-state index >= 15 is 0 Å². The van der Waals surface area contributed by atoms with Crippen LogP contribution in [0.5, 0.6) is 0 Å². The zero-order valence-corrected chi connectivity index (χ0v) is 8.10. The van der Waals surface area contributed by atoms with E-state index in [-0.39, 0.29) is 10.9 Å². The van der Waals surface area contributed by atoms with Gasteiger partial charge in [-0.15, -0.1) is 11.8 Å². The number of carbonyl (C=O) groups is 1. The number of carboxylic acid groups (broad SMARTS) is 1. The summed E-state index contributed by atoms with van der Waals surface area (Å²) in [6.07, 6.45) is 1.84. The third-order valence-electron chi connectivity index (χ3n) is 2.56. The second-order valence-electron chi connectivity index (χ2n) is 3.45. The Labute approximate surface area is 81.0 Å². The summed E-state index contributed by atoms with van der Waals surface area (Å²) in [5, 5.41) is 12.0. The van der Waals surface area contributed by atoms with Gasteiger partial charge in [0.25, 0.3) is 0 Å². The first-order chi connectivity index (χ1) is 6.22. The Bertz CT molecular complexity index is 215. The fourth-order valence-electron chi connectivity index (χ4n) is 1.77. The van der Waals surface area contributed by atoms with Gasteiger partial charge >= 0.3 is 5.97 Å². The van der Waals surface area contributed by atoms with Crippen molar-refractivity contribution < 1.29 is 14.6 Å². The molecule has 1 atom stereocenters. The zero-order valence-electron chi connectivity index (χ0n) is 7.28. The van der Waals surface area contributed by atoms with Gasteiger partial charge in [-0.25, -0.2) is 0 Å². The van der Waals surface area contributed by atoms with Crippen molar-refractivity contribution in [3.63, 3.8) is 0 Å². The smallest absolute Gasteiger partial charge is 0.321 e. The number of rotatable bonds is 1. The molecular weight excluding hydrogens is 190 g/mol. The van der Waals surface area contributed by atoms with Gasteiger partial charge < -0.3 is 9.84 Å². The van der Waals surface area contributed by atoms with Crippen LogP contribution in [-0.2, 0) is 9.53 Å².